The van der Waals surface area contributed by atoms with Gasteiger partial charge >= 0.3 is 17.9 Å². The van der Waals surface area contributed by atoms with Gasteiger partial charge in [0.25, 0.3) is 0 Å². The highest BCUT2D eigenvalue weighted by atomic mass is 16.5. The zero-order valence-corrected chi connectivity index (χ0v) is 29.9. The Morgan fingerprint density at radius 3 is 1.35 bits per heavy atom. The predicted octanol–water partition coefficient (Wildman–Crippen LogP) is 7.50. The van der Waals surface area contributed by atoms with Crippen molar-refractivity contribution in [3.8, 4) is 0 Å². The minimum absolute atomic E-state index is 0.108. The summed E-state index contributed by atoms with van der Waals surface area (Å²) in [5, 5.41) is 17.8. The minimum atomic E-state index is -1.10. The quantitative estimate of drug-likeness (QED) is 0.0488. The van der Waals surface area contributed by atoms with E-state index in [1.54, 1.807) is 0 Å². The molecule has 1 atom stereocenters. The van der Waals surface area contributed by atoms with E-state index in [0.29, 0.717) is 71.1 Å². The molecule has 0 fully saturated rings. The number of aliphatic carboxylic acids is 2. The first-order chi connectivity index (χ1) is 23.2. The molecule has 0 aliphatic carbocycles. The molecule has 0 radical (unpaired) electrons. The molecule has 0 spiro atoms. The molecule has 280 valence electrons. The van der Waals surface area contributed by atoms with Crippen molar-refractivity contribution in [2.45, 2.75) is 155 Å². The normalized spacial score (nSPS) is 11.8. The van der Waals surface area contributed by atoms with Crippen LogP contribution in [0.25, 0.3) is 0 Å². The molecule has 2 N–H and O–H groups in total. The van der Waals surface area contributed by atoms with Crippen LogP contribution < -0.4 is 0 Å². The van der Waals surface area contributed by atoms with Crippen LogP contribution in [0.15, 0.2) is 0 Å². The maximum Gasteiger partial charge on any atom is 0.307 e. The number of unbranched alkanes of at least 4 members (excludes halogenated alkanes) is 14. The van der Waals surface area contributed by atoms with Crippen molar-refractivity contribution in [3.05, 3.63) is 0 Å². The fraction of sp³-hybridized carbons (Fsp3) is 0.865. The molecule has 0 heterocycles. The summed E-state index contributed by atoms with van der Waals surface area (Å²) in [6.07, 6.45) is 20.2. The number of carbonyl (C=O) groups is 5. The summed E-state index contributed by atoms with van der Waals surface area (Å²) in [6.45, 7) is 4.49. The lowest BCUT2D eigenvalue weighted by molar-refractivity contribution is -0.152. The minimum Gasteiger partial charge on any atom is -0.481 e. The Kier molecular flexibility index (Phi) is 32.8. The van der Waals surface area contributed by atoms with Crippen LogP contribution >= 0.6 is 0 Å². The summed E-state index contributed by atoms with van der Waals surface area (Å²) in [5.74, 6) is -3.01. The number of carboxylic acids is 2. The van der Waals surface area contributed by atoms with E-state index in [9.17, 15) is 24.0 Å². The standard InChI is InChI=1S/C37H66O11/c1-32(38)22-23-33(37(43)44)31-36(42)48-26-18-25-46-28-30-47-29-27-45-24-17-13-12-15-20-34(39)19-14-10-8-6-4-2-3-5-7-9-11-16-21-35(40)41/h33H,2-31H2,1H3,(H,40,41)(H,43,44)/t33-/m1/s1. The fourth-order valence-corrected chi connectivity index (χ4v) is 5.21. The zero-order valence-electron chi connectivity index (χ0n) is 29.9. The third-order valence-corrected chi connectivity index (χ3v) is 8.14. The molecule has 0 aliphatic rings. The number of rotatable bonds is 38. The highest BCUT2D eigenvalue weighted by Crippen LogP contribution is 2.15. The molecular weight excluding hydrogens is 620 g/mol. The van der Waals surface area contributed by atoms with Crippen LogP contribution in [0.3, 0.4) is 0 Å². The number of ether oxygens (including phenoxy) is 4. The Morgan fingerprint density at radius 2 is 0.896 bits per heavy atom. The van der Waals surface area contributed by atoms with Crippen molar-refractivity contribution in [1.29, 1.82) is 0 Å². The van der Waals surface area contributed by atoms with E-state index in [0.717, 1.165) is 57.8 Å². The van der Waals surface area contributed by atoms with Crippen molar-refractivity contribution in [3.63, 3.8) is 0 Å². The van der Waals surface area contributed by atoms with Gasteiger partial charge in [-0.3, -0.25) is 19.2 Å². The Morgan fingerprint density at radius 1 is 0.479 bits per heavy atom. The van der Waals surface area contributed by atoms with Crippen molar-refractivity contribution in [2.75, 3.05) is 46.2 Å². The topological polar surface area (TPSA) is 163 Å². The average Bonchev–Trinajstić information content (AvgIpc) is 3.04. The molecule has 0 aromatic carbocycles. The Bertz CT molecular complexity index is 830. The maximum absolute atomic E-state index is 12.1. The monoisotopic (exact) mass is 686 g/mol. The van der Waals surface area contributed by atoms with E-state index in [4.69, 9.17) is 29.2 Å². The van der Waals surface area contributed by atoms with Gasteiger partial charge in [0, 0.05) is 45.3 Å². The predicted molar refractivity (Wildman–Crippen MR) is 184 cm³/mol. The summed E-state index contributed by atoms with van der Waals surface area (Å²) in [7, 11) is 0. The highest BCUT2D eigenvalue weighted by molar-refractivity contribution is 5.80. The molecule has 0 saturated carbocycles. The van der Waals surface area contributed by atoms with Crippen LogP contribution in [0.5, 0.6) is 0 Å². The van der Waals surface area contributed by atoms with Gasteiger partial charge in [0.1, 0.15) is 11.6 Å². The number of esters is 1. The third kappa shape index (κ3) is 35.0. The van der Waals surface area contributed by atoms with Crippen molar-refractivity contribution in [2.24, 2.45) is 5.92 Å². The first-order valence-corrected chi connectivity index (χ1v) is 18.6. The molecule has 0 bridgehead atoms. The Hall–Kier alpha value is -2.37. The highest BCUT2D eigenvalue weighted by Gasteiger charge is 2.22. The fourth-order valence-electron chi connectivity index (χ4n) is 5.21. The van der Waals surface area contributed by atoms with E-state index in [1.807, 2.05) is 0 Å². The number of ketones is 2. The number of Topliss-reactive ketones (excluding diaryl/α,β-unsaturated/α-hetero) is 2. The number of carbonyl (C=O) groups excluding carboxylic acids is 3. The largest absolute Gasteiger partial charge is 0.481 e. The van der Waals surface area contributed by atoms with E-state index in [1.165, 1.54) is 51.9 Å². The number of hydrogen-bond acceptors (Lipinski definition) is 9. The maximum atomic E-state index is 12.1. The van der Waals surface area contributed by atoms with Crippen molar-refractivity contribution >= 4 is 29.5 Å². The molecule has 48 heavy (non-hydrogen) atoms. The second kappa shape index (κ2) is 34.5. The smallest absolute Gasteiger partial charge is 0.307 e. The lowest BCUT2D eigenvalue weighted by atomic mass is 9.98. The van der Waals surface area contributed by atoms with Crippen LogP contribution in [0.4, 0.5) is 0 Å². The second-order valence-corrected chi connectivity index (χ2v) is 12.7. The van der Waals surface area contributed by atoms with Gasteiger partial charge in [0.2, 0.25) is 0 Å². The van der Waals surface area contributed by atoms with Crippen LogP contribution in [0, 0.1) is 5.92 Å². The summed E-state index contributed by atoms with van der Waals surface area (Å²) < 4.78 is 21.6. The summed E-state index contributed by atoms with van der Waals surface area (Å²) in [5.41, 5.74) is 0. The molecule has 11 nitrogen and oxygen atoms in total. The molecule has 0 aliphatic heterocycles. The van der Waals surface area contributed by atoms with Crippen molar-refractivity contribution in [1.82, 2.24) is 0 Å². The zero-order chi connectivity index (χ0) is 35.5. The van der Waals surface area contributed by atoms with E-state index >= 15 is 0 Å². The van der Waals surface area contributed by atoms with Gasteiger partial charge in [0.05, 0.1) is 45.4 Å². The summed E-state index contributed by atoms with van der Waals surface area (Å²) in [4.78, 5) is 56.7. The first kappa shape index (κ1) is 45.6. The van der Waals surface area contributed by atoms with Gasteiger partial charge in [0.15, 0.2) is 0 Å². The van der Waals surface area contributed by atoms with Crippen LogP contribution in [0.2, 0.25) is 0 Å². The van der Waals surface area contributed by atoms with Gasteiger partial charge in [-0.1, -0.05) is 77.0 Å². The van der Waals surface area contributed by atoms with Gasteiger partial charge in [-0.2, -0.15) is 0 Å². The average molecular weight is 687 g/mol. The third-order valence-electron chi connectivity index (χ3n) is 8.14. The van der Waals surface area contributed by atoms with Crippen LogP contribution in [0.1, 0.15) is 155 Å². The molecular formula is C37H66O11. The number of carboxylic acid groups (broad SMARTS) is 2. The van der Waals surface area contributed by atoms with Gasteiger partial charge in [-0.25, -0.2) is 0 Å². The van der Waals surface area contributed by atoms with Gasteiger partial charge in [-0.05, 0) is 39.0 Å². The molecule has 0 aromatic rings. The first-order valence-electron chi connectivity index (χ1n) is 18.6. The van der Waals surface area contributed by atoms with Crippen LogP contribution in [-0.2, 0) is 42.9 Å². The summed E-state index contributed by atoms with van der Waals surface area (Å²) >= 11 is 0. The summed E-state index contributed by atoms with van der Waals surface area (Å²) in [6, 6.07) is 0. The molecule has 0 aromatic heterocycles. The molecule has 0 unspecified atom stereocenters. The van der Waals surface area contributed by atoms with Gasteiger partial charge < -0.3 is 34.0 Å². The lowest BCUT2D eigenvalue weighted by Gasteiger charge is -2.11. The molecule has 0 amide bonds. The molecule has 0 rings (SSSR count). The van der Waals surface area contributed by atoms with Gasteiger partial charge in [-0.15, -0.1) is 0 Å². The Balaban J connectivity index is 3.33. The molecule has 0 saturated heterocycles. The van der Waals surface area contributed by atoms with Crippen molar-refractivity contribution < 1.29 is 53.1 Å². The van der Waals surface area contributed by atoms with E-state index in [2.05, 4.69) is 0 Å². The van der Waals surface area contributed by atoms with E-state index < -0.39 is 23.8 Å². The lowest BCUT2D eigenvalue weighted by Crippen LogP contribution is -2.20. The SMILES string of the molecule is CC(=O)CC[C@H](CC(=O)OCCCOCCOCCOCCCCCCC(=O)CCCCCCCCCCCCCCC(=O)O)C(=O)O. The Labute approximate surface area is 289 Å². The molecule has 11 heteroatoms. The van der Waals surface area contributed by atoms with E-state index in [-0.39, 0.29) is 31.7 Å². The number of hydrogen-bond donors (Lipinski definition) is 2. The van der Waals surface area contributed by atoms with Crippen LogP contribution in [-0.4, -0.2) is 85.9 Å². The second-order valence-electron chi connectivity index (χ2n) is 12.7.